The van der Waals surface area contributed by atoms with Crippen molar-refractivity contribution < 1.29 is 0 Å². The van der Waals surface area contributed by atoms with Crippen LogP contribution in [-0.4, -0.2) is 14.5 Å². The van der Waals surface area contributed by atoms with E-state index in [-0.39, 0.29) is 0 Å². The average molecular weight is 184 g/mol. The van der Waals surface area contributed by atoms with Crippen LogP contribution in [0.4, 0.5) is 0 Å². The number of rotatable bonds is 1. The zero-order valence-corrected chi connectivity index (χ0v) is 7.68. The number of hydrogen-bond acceptors (Lipinski definition) is 3. The third-order valence-corrected chi connectivity index (χ3v) is 1.84. The highest BCUT2D eigenvalue weighted by Crippen LogP contribution is 2.08. The van der Waals surface area contributed by atoms with Gasteiger partial charge in [0.25, 0.3) is 0 Å². The molecule has 0 N–H and O–H groups in total. The summed E-state index contributed by atoms with van der Waals surface area (Å²) < 4.78 is 1.77. The lowest BCUT2D eigenvalue weighted by Gasteiger charge is -2.02. The van der Waals surface area contributed by atoms with Crippen LogP contribution in [0.25, 0.3) is 5.82 Å². The van der Waals surface area contributed by atoms with Gasteiger partial charge in [-0.3, -0.25) is 4.57 Å². The van der Waals surface area contributed by atoms with Crippen molar-refractivity contribution in [3.05, 3.63) is 42.1 Å². The van der Waals surface area contributed by atoms with Crippen molar-refractivity contribution in [2.75, 3.05) is 0 Å². The summed E-state index contributed by atoms with van der Waals surface area (Å²) in [7, 11) is 0. The van der Waals surface area contributed by atoms with Crippen LogP contribution >= 0.6 is 0 Å². The molecule has 4 heteroatoms. The second kappa shape index (κ2) is 3.30. The Morgan fingerprint density at radius 2 is 2.29 bits per heavy atom. The molecule has 0 saturated heterocycles. The van der Waals surface area contributed by atoms with Crippen molar-refractivity contribution in [3.8, 4) is 11.9 Å². The highest BCUT2D eigenvalue weighted by Gasteiger charge is 2.00. The smallest absolute Gasteiger partial charge is 0.139 e. The van der Waals surface area contributed by atoms with Crippen molar-refractivity contribution in [2.24, 2.45) is 0 Å². The number of pyridine rings is 1. The van der Waals surface area contributed by atoms with Gasteiger partial charge in [-0.15, -0.1) is 0 Å². The molecule has 0 unspecified atom stereocenters. The molecule has 0 aliphatic heterocycles. The van der Waals surface area contributed by atoms with Crippen LogP contribution in [0.15, 0.2) is 30.9 Å². The number of imidazole rings is 1. The summed E-state index contributed by atoms with van der Waals surface area (Å²) in [6.45, 7) is 1.86. The zero-order chi connectivity index (χ0) is 9.97. The van der Waals surface area contributed by atoms with Crippen LogP contribution in [0.1, 0.15) is 11.3 Å². The summed E-state index contributed by atoms with van der Waals surface area (Å²) in [6.07, 6.45) is 5.13. The fraction of sp³-hybridized carbons (Fsp3) is 0.100. The van der Waals surface area contributed by atoms with Gasteiger partial charge < -0.3 is 0 Å². The highest BCUT2D eigenvalue weighted by molar-refractivity contribution is 5.37. The molecule has 0 aliphatic rings. The second-order valence-electron chi connectivity index (χ2n) is 2.94. The Morgan fingerprint density at radius 1 is 1.43 bits per heavy atom. The van der Waals surface area contributed by atoms with Gasteiger partial charge in [0.05, 0.1) is 11.6 Å². The first-order valence-electron chi connectivity index (χ1n) is 4.17. The Morgan fingerprint density at radius 3 is 2.93 bits per heavy atom. The predicted molar refractivity (Wildman–Crippen MR) is 50.8 cm³/mol. The molecule has 0 fully saturated rings. The van der Waals surface area contributed by atoms with Crippen molar-refractivity contribution in [3.63, 3.8) is 0 Å². The van der Waals surface area contributed by atoms with E-state index in [1.54, 1.807) is 35.4 Å². The molecule has 2 aromatic heterocycles. The lowest BCUT2D eigenvalue weighted by Crippen LogP contribution is -1.96. The summed E-state index contributed by atoms with van der Waals surface area (Å²) in [5.41, 5.74) is 1.44. The molecule has 0 spiro atoms. The summed E-state index contributed by atoms with van der Waals surface area (Å²) in [5, 5.41) is 8.78. The standard InChI is InChI=1S/C10H8N4/c1-8-4-9(6-11)5-10(13-8)14-3-2-12-7-14/h2-5,7H,1H3. The van der Waals surface area contributed by atoms with Crippen molar-refractivity contribution in [1.29, 1.82) is 5.26 Å². The Labute approximate surface area is 81.5 Å². The molecular formula is C10H8N4. The molecular weight excluding hydrogens is 176 g/mol. The largest absolute Gasteiger partial charge is 0.290 e. The Balaban J connectivity index is 2.55. The number of aromatic nitrogens is 3. The molecule has 0 amide bonds. The number of hydrogen-bond donors (Lipinski definition) is 0. The van der Waals surface area contributed by atoms with E-state index in [9.17, 15) is 0 Å². The lowest BCUT2D eigenvalue weighted by atomic mass is 10.2. The van der Waals surface area contributed by atoms with Gasteiger partial charge in [-0.2, -0.15) is 5.26 Å². The van der Waals surface area contributed by atoms with E-state index in [1.807, 2.05) is 6.92 Å². The van der Waals surface area contributed by atoms with Crippen LogP contribution in [0.2, 0.25) is 0 Å². The predicted octanol–water partition coefficient (Wildman–Crippen LogP) is 1.45. The van der Waals surface area contributed by atoms with Crippen LogP contribution in [0.5, 0.6) is 0 Å². The first-order valence-corrected chi connectivity index (χ1v) is 4.17. The summed E-state index contributed by atoms with van der Waals surface area (Å²) in [6, 6.07) is 5.58. The summed E-state index contributed by atoms with van der Waals surface area (Å²) in [5.74, 6) is 0.721. The van der Waals surface area contributed by atoms with Gasteiger partial charge in [-0.05, 0) is 19.1 Å². The zero-order valence-electron chi connectivity index (χ0n) is 7.68. The molecule has 0 saturated carbocycles. The van der Waals surface area contributed by atoms with Gasteiger partial charge in [0.15, 0.2) is 0 Å². The maximum absolute atomic E-state index is 8.78. The number of aryl methyl sites for hydroxylation is 1. The van der Waals surface area contributed by atoms with Crippen LogP contribution < -0.4 is 0 Å². The van der Waals surface area contributed by atoms with Crippen molar-refractivity contribution in [2.45, 2.75) is 6.92 Å². The molecule has 68 valence electrons. The minimum atomic E-state index is 0.612. The molecule has 0 aliphatic carbocycles. The summed E-state index contributed by atoms with van der Waals surface area (Å²) >= 11 is 0. The van der Waals surface area contributed by atoms with E-state index < -0.39 is 0 Å². The van der Waals surface area contributed by atoms with E-state index in [0.29, 0.717) is 5.56 Å². The van der Waals surface area contributed by atoms with Gasteiger partial charge in [0.1, 0.15) is 12.1 Å². The third-order valence-electron chi connectivity index (χ3n) is 1.84. The third kappa shape index (κ3) is 1.48. The SMILES string of the molecule is Cc1cc(C#N)cc(-n2ccnc2)n1. The minimum absolute atomic E-state index is 0.612. The van der Waals surface area contributed by atoms with Gasteiger partial charge in [-0.25, -0.2) is 9.97 Å². The monoisotopic (exact) mass is 184 g/mol. The first kappa shape index (κ1) is 8.45. The summed E-state index contributed by atoms with van der Waals surface area (Å²) in [4.78, 5) is 8.22. The molecule has 2 aromatic rings. The molecule has 0 bridgehead atoms. The van der Waals surface area contributed by atoms with Gasteiger partial charge in [0.2, 0.25) is 0 Å². The van der Waals surface area contributed by atoms with Crippen LogP contribution in [0, 0.1) is 18.3 Å². The van der Waals surface area contributed by atoms with E-state index in [4.69, 9.17) is 5.26 Å². The molecule has 4 nitrogen and oxygen atoms in total. The fourth-order valence-corrected chi connectivity index (χ4v) is 1.24. The fourth-order valence-electron chi connectivity index (χ4n) is 1.24. The van der Waals surface area contributed by atoms with E-state index in [2.05, 4.69) is 16.0 Å². The topological polar surface area (TPSA) is 54.5 Å². The maximum Gasteiger partial charge on any atom is 0.139 e. The Bertz CT molecular complexity index is 479. The van der Waals surface area contributed by atoms with Crippen molar-refractivity contribution in [1.82, 2.24) is 14.5 Å². The van der Waals surface area contributed by atoms with Crippen LogP contribution in [-0.2, 0) is 0 Å². The lowest BCUT2D eigenvalue weighted by molar-refractivity contribution is 0.973. The average Bonchev–Trinajstić information content (AvgIpc) is 2.69. The number of nitrogens with zero attached hydrogens (tertiary/aromatic N) is 4. The Kier molecular flexibility index (Phi) is 1.99. The van der Waals surface area contributed by atoms with E-state index in [0.717, 1.165) is 11.5 Å². The molecule has 2 heterocycles. The minimum Gasteiger partial charge on any atom is -0.290 e. The Hall–Kier alpha value is -2.15. The molecule has 0 atom stereocenters. The molecule has 0 radical (unpaired) electrons. The quantitative estimate of drug-likeness (QED) is 0.674. The molecule has 14 heavy (non-hydrogen) atoms. The maximum atomic E-state index is 8.78. The van der Waals surface area contributed by atoms with Gasteiger partial charge in [0, 0.05) is 18.1 Å². The number of nitriles is 1. The first-order chi connectivity index (χ1) is 6.79. The normalized spacial score (nSPS) is 9.71. The second-order valence-corrected chi connectivity index (χ2v) is 2.94. The van der Waals surface area contributed by atoms with Crippen LogP contribution in [0.3, 0.4) is 0 Å². The van der Waals surface area contributed by atoms with Crippen molar-refractivity contribution >= 4 is 0 Å². The molecule has 0 aromatic carbocycles. The van der Waals surface area contributed by atoms with Gasteiger partial charge in [-0.1, -0.05) is 0 Å². The molecule has 2 rings (SSSR count). The highest BCUT2D eigenvalue weighted by atomic mass is 15.1. The van der Waals surface area contributed by atoms with E-state index >= 15 is 0 Å². The van der Waals surface area contributed by atoms with E-state index in [1.165, 1.54) is 0 Å². The van der Waals surface area contributed by atoms with Gasteiger partial charge >= 0.3 is 0 Å².